The third kappa shape index (κ3) is 5.04. The minimum atomic E-state index is -3.38. The number of aromatic nitrogens is 2. The molecule has 1 amide bonds. The number of sulfonamides is 1. The van der Waals surface area contributed by atoms with Crippen molar-refractivity contribution >= 4 is 55.1 Å². The van der Waals surface area contributed by atoms with Crippen molar-refractivity contribution in [2.75, 3.05) is 16.3 Å². The number of H-pyrrole nitrogens is 2. The van der Waals surface area contributed by atoms with Crippen LogP contribution in [0.3, 0.4) is 0 Å². The van der Waals surface area contributed by atoms with E-state index in [4.69, 9.17) is 0 Å². The predicted molar refractivity (Wildman–Crippen MR) is 125 cm³/mol. The van der Waals surface area contributed by atoms with E-state index in [2.05, 4.69) is 20.0 Å². The number of fused-ring (bicyclic) bond motifs is 3. The highest BCUT2D eigenvalue weighted by Gasteiger charge is 2.15. The van der Waals surface area contributed by atoms with E-state index in [1.165, 1.54) is 6.20 Å². The number of hydrogen-bond donors (Lipinski definition) is 5. The first-order valence-corrected chi connectivity index (χ1v) is 11.7. The summed E-state index contributed by atoms with van der Waals surface area (Å²) in [7, 11) is -3.38. The first kappa shape index (κ1) is 22.1. The number of carboxylic acids is 1. The van der Waals surface area contributed by atoms with E-state index in [0.29, 0.717) is 38.8 Å². The Labute approximate surface area is 187 Å². The summed E-state index contributed by atoms with van der Waals surface area (Å²) in [4.78, 5) is 41.5. The van der Waals surface area contributed by atoms with Gasteiger partial charge in [0.05, 0.1) is 19.1 Å². The molecule has 0 saturated heterocycles. The fourth-order valence-electron chi connectivity index (χ4n) is 3.67. The fourth-order valence-corrected chi connectivity index (χ4v) is 4.23. The molecule has 0 fully saturated rings. The van der Waals surface area contributed by atoms with E-state index in [9.17, 15) is 27.9 Å². The number of carboxylic acid groups (broad SMARTS) is 1. The number of rotatable bonds is 7. The number of carbonyl (C=O) groups is 2. The van der Waals surface area contributed by atoms with Crippen molar-refractivity contribution in [3.05, 3.63) is 70.1 Å². The van der Waals surface area contributed by atoms with E-state index in [1.807, 2.05) is 0 Å². The summed E-state index contributed by atoms with van der Waals surface area (Å²) in [6.07, 6.45) is 2.25. The lowest BCUT2D eigenvalue weighted by molar-refractivity contribution is -0.136. The lowest BCUT2D eigenvalue weighted by Gasteiger charge is -2.08. The maximum Gasteiger partial charge on any atom is 0.307 e. The molecule has 0 radical (unpaired) electrons. The average Bonchev–Trinajstić information content (AvgIpc) is 3.10. The predicted octanol–water partition coefficient (Wildman–Crippen LogP) is 2.19. The summed E-state index contributed by atoms with van der Waals surface area (Å²) in [5.74, 6) is -1.32. The summed E-state index contributed by atoms with van der Waals surface area (Å²) in [6, 6.07) is 11.5. The van der Waals surface area contributed by atoms with Crippen LogP contribution >= 0.6 is 0 Å². The van der Waals surface area contributed by atoms with Gasteiger partial charge < -0.3 is 20.4 Å². The molecule has 0 spiro atoms. The zero-order chi connectivity index (χ0) is 23.8. The Kier molecular flexibility index (Phi) is 5.64. The smallest absolute Gasteiger partial charge is 0.307 e. The van der Waals surface area contributed by atoms with Crippen LogP contribution in [-0.4, -0.2) is 41.6 Å². The van der Waals surface area contributed by atoms with E-state index < -0.39 is 16.0 Å². The summed E-state index contributed by atoms with van der Waals surface area (Å²) >= 11 is 0. The maximum atomic E-state index is 12.5. The van der Waals surface area contributed by atoms with Crippen LogP contribution in [0.15, 0.2) is 53.5 Å². The molecule has 0 atom stereocenters. The summed E-state index contributed by atoms with van der Waals surface area (Å²) < 4.78 is 24.9. The van der Waals surface area contributed by atoms with Crippen LogP contribution in [-0.2, 0) is 32.5 Å². The second-order valence-corrected chi connectivity index (χ2v) is 9.39. The summed E-state index contributed by atoms with van der Waals surface area (Å²) in [6.45, 7) is 0. The van der Waals surface area contributed by atoms with E-state index in [0.717, 1.165) is 6.26 Å². The molecule has 10 nitrogen and oxygen atoms in total. The molecule has 2 aromatic heterocycles. The SMILES string of the molecule is CS(=O)(=O)Nc1ccc(CC(=O)Nc2ccc3[nH]c4c(=O)[nH]cc(CC(=O)O)c4c3c2)cc1. The van der Waals surface area contributed by atoms with Crippen molar-refractivity contribution in [1.29, 1.82) is 0 Å². The Hall–Kier alpha value is -4.12. The third-order valence-corrected chi connectivity index (χ3v) is 5.58. The standard InChI is InChI=1S/C22H20N4O6S/c1-33(31,32)26-14-4-2-12(3-5-14)8-18(27)24-15-6-7-17-16(10-15)20-13(9-19(28)29)11-23-22(30)21(20)25-17/h2-7,10-11,25-26H,8-9H2,1H3,(H,23,30)(H,24,27)(H,28,29). The van der Waals surface area contributed by atoms with Crippen molar-refractivity contribution in [3.8, 4) is 0 Å². The van der Waals surface area contributed by atoms with Gasteiger partial charge in [-0.05, 0) is 41.5 Å². The molecule has 0 unspecified atom stereocenters. The molecule has 0 bridgehead atoms. The molecule has 2 aromatic carbocycles. The fraction of sp³-hybridized carbons (Fsp3) is 0.136. The highest BCUT2D eigenvalue weighted by Crippen LogP contribution is 2.29. The molecule has 5 N–H and O–H groups in total. The lowest BCUT2D eigenvalue weighted by Crippen LogP contribution is -2.14. The molecular weight excluding hydrogens is 448 g/mol. The Bertz CT molecular complexity index is 1550. The van der Waals surface area contributed by atoms with Gasteiger partial charge in [0.1, 0.15) is 5.52 Å². The number of benzene rings is 2. The van der Waals surface area contributed by atoms with Crippen LogP contribution in [0.4, 0.5) is 11.4 Å². The monoisotopic (exact) mass is 468 g/mol. The number of carbonyl (C=O) groups excluding carboxylic acids is 1. The Morgan fingerprint density at radius 1 is 1.03 bits per heavy atom. The van der Waals surface area contributed by atoms with Gasteiger partial charge in [0, 0.05) is 33.9 Å². The van der Waals surface area contributed by atoms with Crippen molar-refractivity contribution in [3.63, 3.8) is 0 Å². The highest BCUT2D eigenvalue weighted by molar-refractivity contribution is 7.92. The zero-order valence-electron chi connectivity index (χ0n) is 17.4. The molecule has 4 rings (SSSR count). The molecule has 0 aliphatic heterocycles. The zero-order valence-corrected chi connectivity index (χ0v) is 18.2. The first-order valence-electron chi connectivity index (χ1n) is 9.83. The molecule has 0 saturated carbocycles. The summed E-state index contributed by atoms with van der Waals surface area (Å²) in [5, 5.41) is 13.1. The number of anilines is 2. The summed E-state index contributed by atoms with van der Waals surface area (Å²) in [5.41, 5.74) is 2.58. The molecule has 33 heavy (non-hydrogen) atoms. The molecular formula is C22H20N4O6S. The van der Waals surface area contributed by atoms with Gasteiger partial charge in [0.25, 0.3) is 5.56 Å². The molecule has 11 heteroatoms. The largest absolute Gasteiger partial charge is 0.481 e. The minimum Gasteiger partial charge on any atom is -0.481 e. The van der Waals surface area contributed by atoms with Crippen LogP contribution in [0.5, 0.6) is 0 Å². The second kappa shape index (κ2) is 8.43. The van der Waals surface area contributed by atoms with E-state index in [-0.39, 0.29) is 29.8 Å². The van der Waals surface area contributed by atoms with Gasteiger partial charge in [-0.25, -0.2) is 8.42 Å². The number of hydrogen-bond acceptors (Lipinski definition) is 5. The van der Waals surface area contributed by atoms with Crippen LogP contribution in [0.2, 0.25) is 0 Å². The van der Waals surface area contributed by atoms with Crippen LogP contribution in [0, 0.1) is 0 Å². The number of pyridine rings is 1. The van der Waals surface area contributed by atoms with Crippen LogP contribution < -0.4 is 15.6 Å². The van der Waals surface area contributed by atoms with Crippen molar-refractivity contribution < 1.29 is 23.1 Å². The Morgan fingerprint density at radius 3 is 2.39 bits per heavy atom. The van der Waals surface area contributed by atoms with E-state index in [1.54, 1.807) is 42.5 Å². The number of amides is 1. The number of aliphatic carboxylic acids is 1. The quantitative estimate of drug-likeness (QED) is 0.279. The third-order valence-electron chi connectivity index (χ3n) is 4.97. The minimum absolute atomic E-state index is 0.0645. The van der Waals surface area contributed by atoms with Gasteiger partial charge in [-0.3, -0.25) is 19.1 Å². The molecule has 0 aliphatic rings. The molecule has 4 aromatic rings. The van der Waals surface area contributed by atoms with Crippen molar-refractivity contribution in [2.45, 2.75) is 12.8 Å². The normalized spacial score (nSPS) is 11.5. The van der Waals surface area contributed by atoms with E-state index >= 15 is 0 Å². The lowest BCUT2D eigenvalue weighted by atomic mass is 10.1. The molecule has 170 valence electrons. The van der Waals surface area contributed by atoms with Gasteiger partial charge in [-0.2, -0.15) is 0 Å². The highest BCUT2D eigenvalue weighted by atomic mass is 32.2. The molecule has 0 aliphatic carbocycles. The topological polar surface area (TPSA) is 161 Å². The van der Waals surface area contributed by atoms with Gasteiger partial charge in [-0.15, -0.1) is 0 Å². The number of aromatic amines is 2. The Morgan fingerprint density at radius 2 is 1.73 bits per heavy atom. The Balaban J connectivity index is 1.58. The molecule has 2 heterocycles. The van der Waals surface area contributed by atoms with Gasteiger partial charge in [0.15, 0.2) is 0 Å². The first-order chi connectivity index (χ1) is 15.6. The number of nitrogens with one attached hydrogen (secondary N) is 4. The van der Waals surface area contributed by atoms with Gasteiger partial charge in [-0.1, -0.05) is 12.1 Å². The van der Waals surface area contributed by atoms with Crippen LogP contribution in [0.25, 0.3) is 21.8 Å². The average molecular weight is 468 g/mol. The van der Waals surface area contributed by atoms with Gasteiger partial charge >= 0.3 is 5.97 Å². The van der Waals surface area contributed by atoms with Gasteiger partial charge in [0.2, 0.25) is 15.9 Å². The van der Waals surface area contributed by atoms with Crippen molar-refractivity contribution in [1.82, 2.24) is 9.97 Å². The maximum absolute atomic E-state index is 12.5. The van der Waals surface area contributed by atoms with Crippen molar-refractivity contribution in [2.24, 2.45) is 0 Å². The van der Waals surface area contributed by atoms with Crippen LogP contribution in [0.1, 0.15) is 11.1 Å². The second-order valence-electron chi connectivity index (χ2n) is 7.65.